The Bertz CT molecular complexity index is 762. The summed E-state index contributed by atoms with van der Waals surface area (Å²) in [6, 6.07) is 4.92. The Morgan fingerprint density at radius 3 is 2.65 bits per heavy atom. The number of carbonyl (C=O) groups is 1. The Hall–Kier alpha value is -1.68. The summed E-state index contributed by atoms with van der Waals surface area (Å²) in [5, 5.41) is 5.94. The van der Waals surface area contributed by atoms with Crippen LogP contribution in [0, 0.1) is 0 Å². The van der Waals surface area contributed by atoms with Gasteiger partial charge in [0.15, 0.2) is 0 Å². The average molecular weight is 382 g/mol. The van der Waals surface area contributed by atoms with E-state index in [4.69, 9.17) is 4.74 Å². The summed E-state index contributed by atoms with van der Waals surface area (Å²) in [6.07, 6.45) is 0.826. The van der Waals surface area contributed by atoms with Crippen molar-refractivity contribution in [3.8, 4) is 5.75 Å². The standard InChI is InChI=1S/C17H26N4O4S/c1-13(22)19-14-3-4-16(25-2)17(11-14)26(23,24)21-8-5-15(12-21)20-9-6-18-7-10-20/h3-4,11,15,18H,5-10,12H2,1-2H3,(H,19,22). The fourth-order valence-electron chi connectivity index (χ4n) is 3.57. The number of amides is 1. The molecular formula is C17H26N4O4S. The van der Waals surface area contributed by atoms with Gasteiger partial charge in [-0.05, 0) is 24.6 Å². The number of carbonyl (C=O) groups excluding carboxylic acids is 1. The van der Waals surface area contributed by atoms with E-state index in [1.54, 1.807) is 12.1 Å². The number of rotatable bonds is 5. The molecular weight excluding hydrogens is 356 g/mol. The smallest absolute Gasteiger partial charge is 0.246 e. The van der Waals surface area contributed by atoms with Gasteiger partial charge in [-0.25, -0.2) is 8.42 Å². The van der Waals surface area contributed by atoms with E-state index in [0.717, 1.165) is 32.6 Å². The topological polar surface area (TPSA) is 91.0 Å². The number of nitrogens with one attached hydrogen (secondary N) is 2. The van der Waals surface area contributed by atoms with Crippen molar-refractivity contribution >= 4 is 21.6 Å². The van der Waals surface area contributed by atoms with Crippen molar-refractivity contribution in [1.29, 1.82) is 0 Å². The molecule has 2 aliphatic rings. The number of hydrogen-bond acceptors (Lipinski definition) is 6. The Labute approximate surface area is 154 Å². The van der Waals surface area contributed by atoms with Crippen LogP contribution in [0.25, 0.3) is 0 Å². The zero-order valence-corrected chi connectivity index (χ0v) is 16.0. The second-order valence-electron chi connectivity index (χ2n) is 6.64. The number of ether oxygens (including phenoxy) is 1. The lowest BCUT2D eigenvalue weighted by Crippen LogP contribution is -2.49. The zero-order chi connectivity index (χ0) is 18.7. The van der Waals surface area contributed by atoms with E-state index >= 15 is 0 Å². The summed E-state index contributed by atoms with van der Waals surface area (Å²) in [5.74, 6) is 0.0307. The predicted octanol–water partition coefficient (Wildman–Crippen LogP) is 0.322. The molecule has 0 saturated carbocycles. The highest BCUT2D eigenvalue weighted by atomic mass is 32.2. The van der Waals surface area contributed by atoms with Crippen LogP contribution in [0.3, 0.4) is 0 Å². The van der Waals surface area contributed by atoms with Crippen molar-refractivity contribution in [3.05, 3.63) is 18.2 Å². The molecule has 2 heterocycles. The van der Waals surface area contributed by atoms with Gasteiger partial charge in [0, 0.05) is 57.9 Å². The maximum Gasteiger partial charge on any atom is 0.246 e. The number of piperazine rings is 1. The van der Waals surface area contributed by atoms with Crippen molar-refractivity contribution in [2.75, 3.05) is 51.7 Å². The molecule has 26 heavy (non-hydrogen) atoms. The van der Waals surface area contributed by atoms with Gasteiger partial charge in [0.2, 0.25) is 15.9 Å². The van der Waals surface area contributed by atoms with Gasteiger partial charge in [-0.2, -0.15) is 4.31 Å². The average Bonchev–Trinajstić information content (AvgIpc) is 3.13. The molecule has 3 rings (SSSR count). The molecule has 2 N–H and O–H groups in total. The molecule has 2 aliphatic heterocycles. The molecule has 144 valence electrons. The van der Waals surface area contributed by atoms with Crippen LogP contribution in [0.5, 0.6) is 5.75 Å². The van der Waals surface area contributed by atoms with Crippen LogP contribution in [0.4, 0.5) is 5.69 Å². The first-order valence-corrected chi connectivity index (χ1v) is 10.3. The number of anilines is 1. The molecule has 1 amide bonds. The highest BCUT2D eigenvalue weighted by molar-refractivity contribution is 7.89. The van der Waals surface area contributed by atoms with E-state index in [9.17, 15) is 13.2 Å². The maximum absolute atomic E-state index is 13.2. The first kappa shape index (κ1) is 19.1. The van der Waals surface area contributed by atoms with Crippen molar-refractivity contribution in [2.24, 2.45) is 0 Å². The second-order valence-corrected chi connectivity index (χ2v) is 8.54. The van der Waals surface area contributed by atoms with E-state index in [-0.39, 0.29) is 22.6 Å². The molecule has 0 bridgehead atoms. The summed E-state index contributed by atoms with van der Waals surface area (Å²) in [7, 11) is -2.25. The molecule has 2 fully saturated rings. The molecule has 0 aromatic heterocycles. The number of sulfonamides is 1. The van der Waals surface area contributed by atoms with Crippen LogP contribution >= 0.6 is 0 Å². The van der Waals surface area contributed by atoms with Gasteiger partial charge >= 0.3 is 0 Å². The Kier molecular flexibility index (Phi) is 5.81. The predicted molar refractivity (Wildman–Crippen MR) is 98.9 cm³/mol. The first-order valence-electron chi connectivity index (χ1n) is 8.82. The van der Waals surface area contributed by atoms with Crippen LogP contribution in [-0.4, -0.2) is 76.0 Å². The van der Waals surface area contributed by atoms with E-state index < -0.39 is 10.0 Å². The summed E-state index contributed by atoms with van der Waals surface area (Å²) < 4.78 is 33.1. The summed E-state index contributed by atoms with van der Waals surface area (Å²) in [5.41, 5.74) is 0.440. The SMILES string of the molecule is COc1ccc(NC(C)=O)cc1S(=O)(=O)N1CCC(N2CCNCC2)C1. The molecule has 2 saturated heterocycles. The van der Waals surface area contributed by atoms with Crippen LogP contribution in [0.15, 0.2) is 23.1 Å². The van der Waals surface area contributed by atoms with Crippen LogP contribution < -0.4 is 15.4 Å². The lowest BCUT2D eigenvalue weighted by molar-refractivity contribution is -0.114. The van der Waals surface area contributed by atoms with Crippen molar-refractivity contribution in [1.82, 2.24) is 14.5 Å². The van der Waals surface area contributed by atoms with E-state index in [0.29, 0.717) is 18.8 Å². The summed E-state index contributed by atoms with van der Waals surface area (Å²) >= 11 is 0. The lowest BCUT2D eigenvalue weighted by atomic mass is 10.2. The minimum absolute atomic E-state index is 0.0900. The minimum Gasteiger partial charge on any atom is -0.495 e. The van der Waals surface area contributed by atoms with E-state index in [2.05, 4.69) is 15.5 Å². The molecule has 0 spiro atoms. The quantitative estimate of drug-likeness (QED) is 0.762. The van der Waals surface area contributed by atoms with Gasteiger partial charge < -0.3 is 15.4 Å². The van der Waals surface area contributed by atoms with Gasteiger partial charge in [-0.1, -0.05) is 0 Å². The fourth-order valence-corrected chi connectivity index (χ4v) is 5.25. The van der Waals surface area contributed by atoms with Crippen LogP contribution in [0.2, 0.25) is 0 Å². The van der Waals surface area contributed by atoms with Crippen LogP contribution in [-0.2, 0) is 14.8 Å². The third-order valence-electron chi connectivity index (χ3n) is 4.90. The van der Waals surface area contributed by atoms with Crippen LogP contribution in [0.1, 0.15) is 13.3 Å². The molecule has 9 heteroatoms. The fraction of sp³-hybridized carbons (Fsp3) is 0.588. The van der Waals surface area contributed by atoms with E-state index in [1.165, 1.54) is 24.4 Å². The lowest BCUT2D eigenvalue weighted by Gasteiger charge is -2.32. The number of benzene rings is 1. The molecule has 1 unspecified atom stereocenters. The van der Waals surface area contributed by atoms with E-state index in [1.807, 2.05) is 0 Å². The Morgan fingerprint density at radius 1 is 1.27 bits per heavy atom. The molecule has 1 aromatic carbocycles. The molecule has 1 atom stereocenters. The Balaban J connectivity index is 1.82. The normalized spacial score (nSPS) is 22.3. The van der Waals surface area contributed by atoms with Crippen molar-refractivity contribution in [3.63, 3.8) is 0 Å². The van der Waals surface area contributed by atoms with Gasteiger partial charge in [0.25, 0.3) is 0 Å². The molecule has 8 nitrogen and oxygen atoms in total. The molecule has 1 aromatic rings. The molecule has 0 aliphatic carbocycles. The van der Waals surface area contributed by atoms with Crippen molar-refractivity contribution in [2.45, 2.75) is 24.3 Å². The largest absolute Gasteiger partial charge is 0.495 e. The van der Waals surface area contributed by atoms with Gasteiger partial charge in [0.05, 0.1) is 7.11 Å². The third kappa shape index (κ3) is 4.01. The monoisotopic (exact) mass is 382 g/mol. The second kappa shape index (κ2) is 7.91. The highest BCUT2D eigenvalue weighted by Gasteiger charge is 2.37. The molecule has 0 radical (unpaired) electrons. The maximum atomic E-state index is 13.2. The number of nitrogens with zero attached hydrogens (tertiary/aromatic N) is 2. The minimum atomic E-state index is -3.70. The Morgan fingerprint density at radius 2 is 2.00 bits per heavy atom. The van der Waals surface area contributed by atoms with Crippen molar-refractivity contribution < 1.29 is 17.9 Å². The summed E-state index contributed by atoms with van der Waals surface area (Å²) in [6.45, 7) is 6.13. The van der Waals surface area contributed by atoms with Gasteiger partial charge in [0.1, 0.15) is 10.6 Å². The van der Waals surface area contributed by atoms with Gasteiger partial charge in [-0.3, -0.25) is 9.69 Å². The highest BCUT2D eigenvalue weighted by Crippen LogP contribution is 2.32. The third-order valence-corrected chi connectivity index (χ3v) is 6.78. The zero-order valence-electron chi connectivity index (χ0n) is 15.2. The first-order chi connectivity index (χ1) is 12.4. The number of hydrogen-bond donors (Lipinski definition) is 2. The number of methoxy groups -OCH3 is 1. The van der Waals surface area contributed by atoms with Gasteiger partial charge in [-0.15, -0.1) is 0 Å². The summed E-state index contributed by atoms with van der Waals surface area (Å²) in [4.78, 5) is 13.7.